The highest BCUT2D eigenvalue weighted by molar-refractivity contribution is 9.09. The number of allylic oxidation sites excluding steroid dienone is 1. The smallest absolute Gasteiger partial charge is 0.0606 e. The standard InChI is InChI=1S/C12H16BrNO/c1-14(9-10-15)12-6-4-11(5-7-12)3-2-8-13/h2-7,15H,8-10H2,1H3. The summed E-state index contributed by atoms with van der Waals surface area (Å²) in [5.74, 6) is 0. The van der Waals surface area contributed by atoms with Crippen molar-refractivity contribution in [2.45, 2.75) is 0 Å². The first kappa shape index (κ1) is 12.3. The van der Waals surface area contributed by atoms with E-state index in [1.165, 1.54) is 5.56 Å². The number of anilines is 1. The Morgan fingerprint density at radius 1 is 1.33 bits per heavy atom. The third-order valence-electron chi connectivity index (χ3n) is 2.17. The van der Waals surface area contributed by atoms with Gasteiger partial charge in [0.05, 0.1) is 6.61 Å². The van der Waals surface area contributed by atoms with Crippen molar-refractivity contribution in [3.8, 4) is 0 Å². The molecule has 0 bridgehead atoms. The second-order valence-corrected chi connectivity index (χ2v) is 3.94. The van der Waals surface area contributed by atoms with Crippen molar-refractivity contribution in [3.05, 3.63) is 35.9 Å². The Hall–Kier alpha value is -0.800. The van der Waals surface area contributed by atoms with Gasteiger partial charge in [-0.2, -0.15) is 0 Å². The van der Waals surface area contributed by atoms with E-state index in [4.69, 9.17) is 5.11 Å². The van der Waals surface area contributed by atoms with E-state index >= 15 is 0 Å². The van der Waals surface area contributed by atoms with Crippen molar-refractivity contribution < 1.29 is 5.11 Å². The first-order valence-corrected chi connectivity index (χ1v) is 6.04. The van der Waals surface area contributed by atoms with Gasteiger partial charge in [-0.15, -0.1) is 0 Å². The Labute approximate surface area is 99.4 Å². The molecule has 0 heterocycles. The molecule has 3 heteroatoms. The predicted octanol–water partition coefficient (Wildman–Crippen LogP) is 2.52. The molecular weight excluding hydrogens is 254 g/mol. The molecule has 1 N–H and O–H groups in total. The minimum atomic E-state index is 0.182. The van der Waals surface area contributed by atoms with Gasteiger partial charge in [-0.05, 0) is 17.7 Å². The van der Waals surface area contributed by atoms with Crippen molar-refractivity contribution in [2.75, 3.05) is 30.4 Å². The number of halogens is 1. The lowest BCUT2D eigenvalue weighted by molar-refractivity contribution is 0.304. The SMILES string of the molecule is CN(CCO)c1ccc(C=CCBr)cc1. The van der Waals surface area contributed by atoms with Gasteiger partial charge in [0, 0.05) is 24.6 Å². The molecule has 0 spiro atoms. The third-order valence-corrected chi connectivity index (χ3v) is 2.54. The van der Waals surface area contributed by atoms with Crippen LogP contribution in [-0.4, -0.2) is 30.6 Å². The lowest BCUT2D eigenvalue weighted by atomic mass is 10.2. The molecule has 82 valence electrons. The summed E-state index contributed by atoms with van der Waals surface area (Å²) in [6.07, 6.45) is 4.14. The fourth-order valence-corrected chi connectivity index (χ4v) is 1.49. The monoisotopic (exact) mass is 269 g/mol. The highest BCUT2D eigenvalue weighted by Crippen LogP contribution is 2.14. The highest BCUT2D eigenvalue weighted by atomic mass is 79.9. The normalized spacial score (nSPS) is 10.9. The molecule has 2 nitrogen and oxygen atoms in total. The number of aliphatic hydroxyl groups is 1. The predicted molar refractivity (Wildman–Crippen MR) is 69.6 cm³/mol. The summed E-state index contributed by atoms with van der Waals surface area (Å²) >= 11 is 3.34. The Kier molecular flexibility index (Phi) is 5.43. The van der Waals surface area contributed by atoms with Crippen molar-refractivity contribution in [1.29, 1.82) is 0 Å². The molecule has 0 aromatic heterocycles. The molecule has 0 aliphatic carbocycles. The van der Waals surface area contributed by atoms with Crippen LogP contribution in [0.15, 0.2) is 30.3 Å². The molecule has 0 fully saturated rings. The average Bonchev–Trinajstić information content (AvgIpc) is 2.27. The van der Waals surface area contributed by atoms with Crippen LogP contribution in [0.1, 0.15) is 5.56 Å². The van der Waals surface area contributed by atoms with Gasteiger partial charge in [0.2, 0.25) is 0 Å². The molecule has 0 radical (unpaired) electrons. The molecule has 1 aromatic carbocycles. The Bertz CT molecular complexity index is 308. The summed E-state index contributed by atoms with van der Waals surface area (Å²) in [7, 11) is 1.97. The van der Waals surface area contributed by atoms with Crippen molar-refractivity contribution >= 4 is 27.7 Å². The van der Waals surface area contributed by atoms with Crippen LogP contribution in [0.4, 0.5) is 5.69 Å². The van der Waals surface area contributed by atoms with E-state index in [2.05, 4.69) is 52.3 Å². The second kappa shape index (κ2) is 6.64. The van der Waals surface area contributed by atoms with Crippen LogP contribution in [-0.2, 0) is 0 Å². The molecule has 0 amide bonds. The quantitative estimate of drug-likeness (QED) is 0.831. The van der Waals surface area contributed by atoms with Crippen molar-refractivity contribution in [1.82, 2.24) is 0 Å². The zero-order chi connectivity index (χ0) is 11.1. The minimum Gasteiger partial charge on any atom is -0.395 e. The summed E-state index contributed by atoms with van der Waals surface area (Å²) in [4.78, 5) is 2.03. The molecule has 0 aliphatic heterocycles. The maximum absolute atomic E-state index is 8.81. The number of likely N-dealkylation sites (N-methyl/N-ethyl adjacent to an activating group) is 1. The van der Waals surface area contributed by atoms with Crippen LogP contribution in [0.5, 0.6) is 0 Å². The van der Waals surface area contributed by atoms with Crippen molar-refractivity contribution in [3.63, 3.8) is 0 Å². The summed E-state index contributed by atoms with van der Waals surface area (Å²) in [6.45, 7) is 0.846. The molecular formula is C12H16BrNO. The topological polar surface area (TPSA) is 23.5 Å². The van der Waals surface area contributed by atoms with Crippen LogP contribution < -0.4 is 4.90 Å². The zero-order valence-electron chi connectivity index (χ0n) is 8.86. The molecule has 1 rings (SSSR count). The van der Waals surface area contributed by atoms with Crippen LogP contribution in [0.3, 0.4) is 0 Å². The summed E-state index contributed by atoms with van der Waals surface area (Å²) in [6, 6.07) is 8.26. The molecule has 15 heavy (non-hydrogen) atoms. The second-order valence-electron chi connectivity index (χ2n) is 3.29. The maximum atomic E-state index is 8.81. The summed E-state index contributed by atoms with van der Waals surface area (Å²) in [5, 5.41) is 9.68. The molecule has 1 aromatic rings. The number of nitrogens with zero attached hydrogens (tertiary/aromatic N) is 1. The largest absolute Gasteiger partial charge is 0.395 e. The van der Waals surface area contributed by atoms with Gasteiger partial charge >= 0.3 is 0 Å². The van der Waals surface area contributed by atoms with Gasteiger partial charge < -0.3 is 10.0 Å². The number of benzene rings is 1. The summed E-state index contributed by atoms with van der Waals surface area (Å²) < 4.78 is 0. The molecule has 0 aliphatic rings. The Balaban J connectivity index is 2.67. The Morgan fingerprint density at radius 3 is 2.53 bits per heavy atom. The van der Waals surface area contributed by atoms with E-state index in [0.717, 1.165) is 11.0 Å². The molecule has 0 unspecified atom stereocenters. The van der Waals surface area contributed by atoms with E-state index in [9.17, 15) is 0 Å². The lowest BCUT2D eigenvalue weighted by Crippen LogP contribution is -2.20. The van der Waals surface area contributed by atoms with E-state index in [1.807, 2.05) is 11.9 Å². The van der Waals surface area contributed by atoms with Crippen LogP contribution >= 0.6 is 15.9 Å². The van der Waals surface area contributed by atoms with Crippen LogP contribution in [0, 0.1) is 0 Å². The number of rotatable bonds is 5. The van der Waals surface area contributed by atoms with Crippen LogP contribution in [0.25, 0.3) is 6.08 Å². The van der Waals surface area contributed by atoms with Gasteiger partial charge in [-0.25, -0.2) is 0 Å². The average molecular weight is 270 g/mol. The first-order valence-electron chi connectivity index (χ1n) is 4.92. The van der Waals surface area contributed by atoms with E-state index in [1.54, 1.807) is 0 Å². The lowest BCUT2D eigenvalue weighted by Gasteiger charge is -2.17. The first-order chi connectivity index (χ1) is 7.27. The zero-order valence-corrected chi connectivity index (χ0v) is 10.4. The number of aliphatic hydroxyl groups excluding tert-OH is 1. The van der Waals surface area contributed by atoms with Gasteiger partial charge in [0.1, 0.15) is 0 Å². The molecule has 0 saturated heterocycles. The van der Waals surface area contributed by atoms with Crippen LogP contribution in [0.2, 0.25) is 0 Å². The number of hydrogen-bond acceptors (Lipinski definition) is 2. The van der Waals surface area contributed by atoms with Gasteiger partial charge in [-0.1, -0.05) is 40.2 Å². The molecule has 0 saturated carbocycles. The Morgan fingerprint density at radius 2 is 2.00 bits per heavy atom. The van der Waals surface area contributed by atoms with Gasteiger partial charge in [0.25, 0.3) is 0 Å². The molecule has 0 atom stereocenters. The van der Waals surface area contributed by atoms with Gasteiger partial charge in [0.15, 0.2) is 0 Å². The van der Waals surface area contributed by atoms with E-state index < -0.39 is 0 Å². The maximum Gasteiger partial charge on any atom is 0.0606 e. The highest BCUT2D eigenvalue weighted by Gasteiger charge is 1.98. The number of hydrogen-bond donors (Lipinski definition) is 1. The van der Waals surface area contributed by atoms with E-state index in [-0.39, 0.29) is 6.61 Å². The summed E-state index contributed by atoms with van der Waals surface area (Å²) in [5.41, 5.74) is 2.32. The fourth-order valence-electron chi connectivity index (χ4n) is 1.30. The number of alkyl halides is 1. The van der Waals surface area contributed by atoms with Crippen molar-refractivity contribution in [2.24, 2.45) is 0 Å². The van der Waals surface area contributed by atoms with E-state index in [0.29, 0.717) is 6.54 Å². The van der Waals surface area contributed by atoms with Gasteiger partial charge in [-0.3, -0.25) is 0 Å². The minimum absolute atomic E-state index is 0.182. The fraction of sp³-hybridized carbons (Fsp3) is 0.333. The third kappa shape index (κ3) is 4.06.